The SMILES string of the molecule is COCCCCC1CCCCC(Cl)C1. The Morgan fingerprint density at radius 1 is 1.21 bits per heavy atom. The molecule has 1 rings (SSSR count). The Labute approximate surface area is 93.2 Å². The van der Waals surface area contributed by atoms with Gasteiger partial charge in [0.1, 0.15) is 0 Å². The van der Waals surface area contributed by atoms with Gasteiger partial charge in [-0.25, -0.2) is 0 Å². The van der Waals surface area contributed by atoms with Crippen LogP contribution in [0.1, 0.15) is 51.4 Å². The highest BCUT2D eigenvalue weighted by molar-refractivity contribution is 6.20. The van der Waals surface area contributed by atoms with Gasteiger partial charge in [-0.3, -0.25) is 0 Å². The Bertz CT molecular complexity index is 138. The Morgan fingerprint density at radius 3 is 2.79 bits per heavy atom. The van der Waals surface area contributed by atoms with Crippen molar-refractivity contribution < 1.29 is 4.74 Å². The summed E-state index contributed by atoms with van der Waals surface area (Å²) in [7, 11) is 1.78. The summed E-state index contributed by atoms with van der Waals surface area (Å²) in [6.45, 7) is 0.914. The van der Waals surface area contributed by atoms with Crippen LogP contribution in [0.5, 0.6) is 0 Å². The van der Waals surface area contributed by atoms with E-state index in [9.17, 15) is 0 Å². The monoisotopic (exact) mass is 218 g/mol. The quantitative estimate of drug-likeness (QED) is 0.385. The van der Waals surface area contributed by atoms with E-state index in [4.69, 9.17) is 16.3 Å². The lowest BCUT2D eigenvalue weighted by Crippen LogP contribution is -2.06. The maximum absolute atomic E-state index is 6.23. The molecule has 0 aromatic rings. The van der Waals surface area contributed by atoms with E-state index >= 15 is 0 Å². The molecule has 0 bridgehead atoms. The van der Waals surface area contributed by atoms with Gasteiger partial charge in [0.2, 0.25) is 0 Å². The summed E-state index contributed by atoms with van der Waals surface area (Å²) in [6.07, 6.45) is 10.5. The van der Waals surface area contributed by atoms with E-state index in [1.54, 1.807) is 7.11 Å². The summed E-state index contributed by atoms with van der Waals surface area (Å²) < 4.78 is 5.05. The van der Waals surface area contributed by atoms with Gasteiger partial charge in [0.15, 0.2) is 0 Å². The van der Waals surface area contributed by atoms with Crippen LogP contribution < -0.4 is 0 Å². The smallest absolute Gasteiger partial charge is 0.0462 e. The van der Waals surface area contributed by atoms with Crippen LogP contribution in [-0.2, 0) is 4.74 Å². The first-order chi connectivity index (χ1) is 6.83. The fraction of sp³-hybridized carbons (Fsp3) is 1.00. The predicted octanol–water partition coefficient (Wildman–Crippen LogP) is 3.99. The zero-order valence-electron chi connectivity index (χ0n) is 9.30. The molecule has 0 radical (unpaired) electrons. The normalized spacial score (nSPS) is 28.7. The molecule has 0 aromatic heterocycles. The molecule has 0 aliphatic heterocycles. The van der Waals surface area contributed by atoms with Crippen LogP contribution >= 0.6 is 11.6 Å². The number of alkyl halides is 1. The number of rotatable bonds is 5. The summed E-state index contributed by atoms with van der Waals surface area (Å²) in [5, 5.41) is 0.449. The molecule has 2 unspecified atom stereocenters. The Balaban J connectivity index is 2.09. The summed E-state index contributed by atoms with van der Waals surface area (Å²) in [6, 6.07) is 0. The first-order valence-corrected chi connectivity index (χ1v) is 6.39. The molecule has 2 heteroatoms. The lowest BCUT2D eigenvalue weighted by molar-refractivity contribution is 0.189. The average Bonchev–Trinajstić information content (AvgIpc) is 2.38. The van der Waals surface area contributed by atoms with Gasteiger partial charge in [-0.1, -0.05) is 32.1 Å². The largest absolute Gasteiger partial charge is 0.385 e. The maximum atomic E-state index is 6.23. The van der Waals surface area contributed by atoms with Gasteiger partial charge in [0.25, 0.3) is 0 Å². The number of hydrogen-bond acceptors (Lipinski definition) is 1. The molecular formula is C12H23ClO. The van der Waals surface area contributed by atoms with Crippen molar-refractivity contribution in [3.8, 4) is 0 Å². The Hall–Kier alpha value is 0.250. The molecular weight excluding hydrogens is 196 g/mol. The van der Waals surface area contributed by atoms with E-state index in [1.165, 1.54) is 51.4 Å². The second-order valence-corrected chi connectivity index (χ2v) is 5.09. The van der Waals surface area contributed by atoms with Crippen LogP contribution in [0.3, 0.4) is 0 Å². The fourth-order valence-corrected chi connectivity index (χ4v) is 2.74. The van der Waals surface area contributed by atoms with Gasteiger partial charge in [-0.2, -0.15) is 0 Å². The van der Waals surface area contributed by atoms with Crippen molar-refractivity contribution in [3.05, 3.63) is 0 Å². The maximum Gasteiger partial charge on any atom is 0.0462 e. The van der Waals surface area contributed by atoms with E-state index in [0.29, 0.717) is 5.38 Å². The summed E-state index contributed by atoms with van der Waals surface area (Å²) in [4.78, 5) is 0. The highest BCUT2D eigenvalue weighted by Crippen LogP contribution is 2.29. The lowest BCUT2D eigenvalue weighted by atomic mass is 9.94. The van der Waals surface area contributed by atoms with Gasteiger partial charge in [0.05, 0.1) is 0 Å². The van der Waals surface area contributed by atoms with Crippen LogP contribution in [0, 0.1) is 5.92 Å². The van der Waals surface area contributed by atoms with Crippen LogP contribution in [0.25, 0.3) is 0 Å². The second kappa shape index (κ2) is 7.53. The van der Waals surface area contributed by atoms with E-state index in [2.05, 4.69) is 0 Å². The average molecular weight is 219 g/mol. The van der Waals surface area contributed by atoms with Crippen molar-refractivity contribution in [1.29, 1.82) is 0 Å². The molecule has 1 aliphatic carbocycles. The molecule has 84 valence electrons. The van der Waals surface area contributed by atoms with Crippen molar-refractivity contribution in [2.45, 2.75) is 56.7 Å². The highest BCUT2D eigenvalue weighted by atomic mass is 35.5. The van der Waals surface area contributed by atoms with E-state index < -0.39 is 0 Å². The number of unbranched alkanes of at least 4 members (excludes halogenated alkanes) is 1. The van der Waals surface area contributed by atoms with E-state index in [0.717, 1.165) is 12.5 Å². The second-order valence-electron chi connectivity index (χ2n) is 4.47. The van der Waals surface area contributed by atoms with Crippen molar-refractivity contribution in [3.63, 3.8) is 0 Å². The molecule has 0 spiro atoms. The molecule has 0 heterocycles. The fourth-order valence-electron chi connectivity index (χ4n) is 2.34. The molecule has 0 amide bonds. The van der Waals surface area contributed by atoms with Gasteiger partial charge in [-0.05, 0) is 25.2 Å². The zero-order valence-corrected chi connectivity index (χ0v) is 10.1. The van der Waals surface area contributed by atoms with Crippen LogP contribution in [0.15, 0.2) is 0 Å². The molecule has 0 N–H and O–H groups in total. The van der Waals surface area contributed by atoms with Crippen molar-refractivity contribution in [1.82, 2.24) is 0 Å². The van der Waals surface area contributed by atoms with Crippen LogP contribution in [0.2, 0.25) is 0 Å². The predicted molar refractivity (Wildman–Crippen MR) is 61.9 cm³/mol. The number of methoxy groups -OCH3 is 1. The molecule has 0 saturated heterocycles. The van der Waals surface area contributed by atoms with Gasteiger partial charge < -0.3 is 4.74 Å². The minimum absolute atomic E-state index is 0.449. The third kappa shape index (κ3) is 5.21. The minimum Gasteiger partial charge on any atom is -0.385 e. The zero-order chi connectivity index (χ0) is 10.2. The molecule has 0 aromatic carbocycles. The van der Waals surface area contributed by atoms with Crippen LogP contribution in [-0.4, -0.2) is 19.1 Å². The first kappa shape index (κ1) is 12.3. The highest BCUT2D eigenvalue weighted by Gasteiger charge is 2.17. The summed E-state index contributed by atoms with van der Waals surface area (Å²) in [5.74, 6) is 0.886. The van der Waals surface area contributed by atoms with Gasteiger partial charge in [-0.15, -0.1) is 11.6 Å². The minimum atomic E-state index is 0.449. The van der Waals surface area contributed by atoms with Gasteiger partial charge >= 0.3 is 0 Å². The topological polar surface area (TPSA) is 9.23 Å². The van der Waals surface area contributed by atoms with Gasteiger partial charge in [0, 0.05) is 19.1 Å². The molecule has 1 nitrogen and oxygen atoms in total. The standard InChI is InChI=1S/C12H23ClO/c1-14-9-5-4-7-11-6-2-3-8-12(13)10-11/h11-12H,2-10H2,1H3. The van der Waals surface area contributed by atoms with E-state index in [-0.39, 0.29) is 0 Å². The third-order valence-corrected chi connectivity index (χ3v) is 3.58. The van der Waals surface area contributed by atoms with Crippen LogP contribution in [0.4, 0.5) is 0 Å². The molecule has 1 fully saturated rings. The molecule has 14 heavy (non-hydrogen) atoms. The van der Waals surface area contributed by atoms with Crippen molar-refractivity contribution >= 4 is 11.6 Å². The number of ether oxygens (including phenoxy) is 1. The molecule has 1 saturated carbocycles. The molecule has 1 aliphatic rings. The molecule has 2 atom stereocenters. The number of hydrogen-bond donors (Lipinski definition) is 0. The first-order valence-electron chi connectivity index (χ1n) is 5.96. The van der Waals surface area contributed by atoms with Crippen molar-refractivity contribution in [2.24, 2.45) is 5.92 Å². The number of halogens is 1. The van der Waals surface area contributed by atoms with E-state index in [1.807, 2.05) is 0 Å². The Morgan fingerprint density at radius 2 is 2.00 bits per heavy atom. The lowest BCUT2D eigenvalue weighted by Gasteiger charge is -2.15. The summed E-state index contributed by atoms with van der Waals surface area (Å²) >= 11 is 6.23. The summed E-state index contributed by atoms with van der Waals surface area (Å²) in [5.41, 5.74) is 0. The third-order valence-electron chi connectivity index (χ3n) is 3.18. The Kier molecular flexibility index (Phi) is 6.63. The van der Waals surface area contributed by atoms with Crippen molar-refractivity contribution in [2.75, 3.05) is 13.7 Å².